The second-order valence-electron chi connectivity index (χ2n) is 7.90. The van der Waals surface area contributed by atoms with Crippen LogP contribution in [0.2, 0.25) is 0 Å². The van der Waals surface area contributed by atoms with E-state index in [-0.39, 0.29) is 16.3 Å². The van der Waals surface area contributed by atoms with Crippen LogP contribution in [0.1, 0.15) is 53.4 Å². The summed E-state index contributed by atoms with van der Waals surface area (Å²) in [5, 5.41) is 5.35. The number of ether oxygens (including phenoxy) is 1. The quantitative estimate of drug-likeness (QED) is 0.441. The van der Waals surface area contributed by atoms with Gasteiger partial charge in [0.2, 0.25) is 15.9 Å². The lowest BCUT2D eigenvalue weighted by atomic mass is 9.88. The van der Waals surface area contributed by atoms with Crippen LogP contribution in [0.5, 0.6) is 5.75 Å². The van der Waals surface area contributed by atoms with Crippen LogP contribution in [0.3, 0.4) is 0 Å². The number of imide groups is 1. The first-order chi connectivity index (χ1) is 15.6. The van der Waals surface area contributed by atoms with E-state index in [0.717, 1.165) is 4.90 Å². The van der Waals surface area contributed by atoms with Crippen molar-refractivity contribution in [1.82, 2.24) is 14.5 Å². The molecule has 2 N–H and O–H groups in total. The lowest BCUT2D eigenvalue weighted by Crippen LogP contribution is -2.47. The van der Waals surface area contributed by atoms with E-state index < -0.39 is 40.0 Å². The highest BCUT2D eigenvalue weighted by Crippen LogP contribution is 2.30. The van der Waals surface area contributed by atoms with E-state index in [4.69, 9.17) is 4.74 Å². The molecule has 0 aliphatic carbocycles. The van der Waals surface area contributed by atoms with Crippen molar-refractivity contribution in [2.75, 3.05) is 32.1 Å². The van der Waals surface area contributed by atoms with E-state index in [1.54, 1.807) is 13.8 Å². The van der Waals surface area contributed by atoms with Gasteiger partial charge in [0.25, 0.3) is 5.91 Å². The summed E-state index contributed by atoms with van der Waals surface area (Å²) >= 11 is 0. The van der Waals surface area contributed by atoms with Crippen LogP contribution in [-0.4, -0.2) is 67.8 Å². The number of nitrogens with zero attached hydrogens (tertiary/aromatic N) is 2. The molecule has 1 saturated heterocycles. The largest absolute Gasteiger partial charge is 0.495 e. The Balaban J connectivity index is 2.26. The first kappa shape index (κ1) is 26.6. The SMILES string of the molecule is CCCC1(CCC)NC(=O)N(CC(=O)Nc2cc(S(=O)(=O)N(CC)CC)ccc2OC)C1=O. The van der Waals surface area contributed by atoms with E-state index in [1.807, 2.05) is 13.8 Å². The molecule has 10 nitrogen and oxygen atoms in total. The normalized spacial score (nSPS) is 15.6. The number of carbonyl (C=O) groups is 3. The van der Waals surface area contributed by atoms with E-state index >= 15 is 0 Å². The zero-order chi connectivity index (χ0) is 24.8. The molecule has 1 aromatic carbocycles. The molecule has 1 heterocycles. The zero-order valence-corrected chi connectivity index (χ0v) is 20.8. The molecule has 0 radical (unpaired) electrons. The Bertz CT molecular complexity index is 985. The average Bonchev–Trinajstić information content (AvgIpc) is 2.99. The van der Waals surface area contributed by atoms with Gasteiger partial charge in [-0.05, 0) is 31.0 Å². The van der Waals surface area contributed by atoms with Gasteiger partial charge in [0, 0.05) is 13.1 Å². The molecule has 0 saturated carbocycles. The molecule has 0 unspecified atom stereocenters. The van der Waals surface area contributed by atoms with Crippen LogP contribution >= 0.6 is 0 Å². The third-order valence-electron chi connectivity index (χ3n) is 5.69. The molecule has 1 aliphatic heterocycles. The Labute approximate surface area is 195 Å². The molecule has 33 heavy (non-hydrogen) atoms. The van der Waals surface area contributed by atoms with E-state index in [1.165, 1.54) is 29.6 Å². The second-order valence-corrected chi connectivity index (χ2v) is 9.84. The number of amides is 4. The number of rotatable bonds is 12. The molecule has 0 aromatic heterocycles. The number of anilines is 1. The van der Waals surface area contributed by atoms with Gasteiger partial charge < -0.3 is 15.4 Å². The van der Waals surface area contributed by atoms with Crippen LogP contribution < -0.4 is 15.4 Å². The molecule has 11 heteroatoms. The van der Waals surface area contributed by atoms with Gasteiger partial charge in [-0.25, -0.2) is 13.2 Å². The molecule has 0 bridgehead atoms. The molecule has 0 atom stereocenters. The predicted molar refractivity (Wildman–Crippen MR) is 125 cm³/mol. The molecule has 1 aliphatic rings. The Hall–Kier alpha value is -2.66. The fraction of sp³-hybridized carbons (Fsp3) is 0.591. The van der Waals surface area contributed by atoms with Crippen molar-refractivity contribution in [3.05, 3.63) is 18.2 Å². The van der Waals surface area contributed by atoms with Crippen LogP contribution in [0.25, 0.3) is 0 Å². The standard InChI is InChI=1S/C22H34N4O6S/c1-6-12-22(13-7-2)20(28)26(21(29)24-22)15-19(27)23-17-14-16(10-11-18(17)32-5)33(30,31)25(8-3)9-4/h10-11,14H,6-9,12-13,15H2,1-5H3,(H,23,27)(H,24,29). The maximum atomic E-state index is 13.0. The minimum absolute atomic E-state index is 0.00204. The summed E-state index contributed by atoms with van der Waals surface area (Å²) in [5.74, 6) is -0.806. The predicted octanol–water partition coefficient (Wildman–Crippen LogP) is 2.56. The van der Waals surface area contributed by atoms with Gasteiger partial charge in [0.1, 0.15) is 17.8 Å². The first-order valence-electron chi connectivity index (χ1n) is 11.2. The molecule has 0 spiro atoms. The number of hydrogen-bond donors (Lipinski definition) is 2. The lowest BCUT2D eigenvalue weighted by Gasteiger charge is -2.25. The number of benzene rings is 1. The first-order valence-corrected chi connectivity index (χ1v) is 12.7. The van der Waals surface area contributed by atoms with Gasteiger partial charge in [-0.3, -0.25) is 14.5 Å². The van der Waals surface area contributed by atoms with Crippen molar-refractivity contribution in [3.8, 4) is 5.75 Å². The van der Waals surface area contributed by atoms with E-state index in [0.29, 0.717) is 38.8 Å². The van der Waals surface area contributed by atoms with Gasteiger partial charge in [0.05, 0.1) is 17.7 Å². The highest BCUT2D eigenvalue weighted by atomic mass is 32.2. The highest BCUT2D eigenvalue weighted by molar-refractivity contribution is 7.89. The highest BCUT2D eigenvalue weighted by Gasteiger charge is 2.50. The summed E-state index contributed by atoms with van der Waals surface area (Å²) in [5.41, 5.74) is -0.854. The maximum Gasteiger partial charge on any atom is 0.325 e. The summed E-state index contributed by atoms with van der Waals surface area (Å²) in [6.07, 6.45) is 2.39. The molecular weight excluding hydrogens is 448 g/mol. The van der Waals surface area contributed by atoms with Crippen LogP contribution in [0.4, 0.5) is 10.5 Å². The molecule has 2 rings (SSSR count). The van der Waals surface area contributed by atoms with Gasteiger partial charge >= 0.3 is 6.03 Å². The fourth-order valence-electron chi connectivity index (χ4n) is 4.13. The third-order valence-corrected chi connectivity index (χ3v) is 7.74. The minimum atomic E-state index is -3.75. The summed E-state index contributed by atoms with van der Waals surface area (Å²) in [4.78, 5) is 39.2. The van der Waals surface area contributed by atoms with Crippen LogP contribution in [-0.2, 0) is 19.6 Å². The summed E-state index contributed by atoms with van der Waals surface area (Å²) < 4.78 is 32.3. The van der Waals surface area contributed by atoms with E-state index in [9.17, 15) is 22.8 Å². The third kappa shape index (κ3) is 5.47. The minimum Gasteiger partial charge on any atom is -0.495 e. The fourth-order valence-corrected chi connectivity index (χ4v) is 5.61. The summed E-state index contributed by atoms with van der Waals surface area (Å²) in [6.45, 7) is 7.45. The Morgan fingerprint density at radius 2 is 1.73 bits per heavy atom. The lowest BCUT2D eigenvalue weighted by molar-refractivity contribution is -0.134. The molecule has 4 amide bonds. The summed E-state index contributed by atoms with van der Waals surface area (Å²) in [7, 11) is -2.36. The van der Waals surface area contributed by atoms with Gasteiger partial charge in [0.15, 0.2) is 0 Å². The van der Waals surface area contributed by atoms with Crippen molar-refractivity contribution < 1.29 is 27.5 Å². The maximum absolute atomic E-state index is 13.0. The Kier molecular flexibility index (Phi) is 8.84. The van der Waals surface area contributed by atoms with Crippen molar-refractivity contribution in [3.63, 3.8) is 0 Å². The van der Waals surface area contributed by atoms with Crippen LogP contribution in [0, 0.1) is 0 Å². The molecule has 1 fully saturated rings. The van der Waals surface area contributed by atoms with E-state index in [2.05, 4.69) is 10.6 Å². The topological polar surface area (TPSA) is 125 Å². The number of carbonyl (C=O) groups excluding carboxylic acids is 3. The number of hydrogen-bond acceptors (Lipinski definition) is 6. The van der Waals surface area contributed by atoms with Crippen molar-refractivity contribution in [2.24, 2.45) is 0 Å². The summed E-state index contributed by atoms with van der Waals surface area (Å²) in [6, 6.07) is 3.56. The number of nitrogens with one attached hydrogen (secondary N) is 2. The van der Waals surface area contributed by atoms with Crippen molar-refractivity contribution in [2.45, 2.75) is 63.8 Å². The molecular formula is C22H34N4O6S. The Morgan fingerprint density at radius 3 is 2.24 bits per heavy atom. The Morgan fingerprint density at radius 1 is 1.12 bits per heavy atom. The average molecular weight is 483 g/mol. The van der Waals surface area contributed by atoms with Gasteiger partial charge in [-0.1, -0.05) is 40.5 Å². The van der Waals surface area contributed by atoms with Crippen molar-refractivity contribution in [1.29, 1.82) is 0 Å². The zero-order valence-electron chi connectivity index (χ0n) is 19.9. The monoisotopic (exact) mass is 482 g/mol. The molecule has 1 aromatic rings. The van der Waals surface area contributed by atoms with Crippen LogP contribution in [0.15, 0.2) is 23.1 Å². The number of urea groups is 1. The smallest absolute Gasteiger partial charge is 0.325 e. The van der Waals surface area contributed by atoms with Gasteiger partial charge in [-0.15, -0.1) is 0 Å². The number of sulfonamides is 1. The second kappa shape index (κ2) is 11.0. The molecule has 184 valence electrons. The number of methoxy groups -OCH3 is 1. The van der Waals surface area contributed by atoms with Gasteiger partial charge in [-0.2, -0.15) is 4.31 Å². The van der Waals surface area contributed by atoms with Crippen molar-refractivity contribution >= 4 is 33.6 Å².